The van der Waals surface area contributed by atoms with Crippen molar-refractivity contribution in [3.63, 3.8) is 0 Å². The lowest BCUT2D eigenvalue weighted by Crippen LogP contribution is -2.32. The van der Waals surface area contributed by atoms with Gasteiger partial charge in [-0.05, 0) is 28.8 Å². The van der Waals surface area contributed by atoms with Gasteiger partial charge in [-0.2, -0.15) is 0 Å². The van der Waals surface area contributed by atoms with E-state index >= 15 is 0 Å². The van der Waals surface area contributed by atoms with Crippen molar-refractivity contribution in [1.29, 1.82) is 0 Å². The van der Waals surface area contributed by atoms with Gasteiger partial charge in [0.05, 0.1) is 6.04 Å². The van der Waals surface area contributed by atoms with Gasteiger partial charge in [0, 0.05) is 18.0 Å². The Kier molecular flexibility index (Phi) is 4.14. The first kappa shape index (κ1) is 14.8. The Hall–Kier alpha value is -2.82. The Bertz CT molecular complexity index is 872. The summed E-state index contributed by atoms with van der Waals surface area (Å²) in [6.07, 6.45) is 0. The van der Waals surface area contributed by atoms with Crippen LogP contribution in [0.2, 0.25) is 0 Å². The summed E-state index contributed by atoms with van der Waals surface area (Å²) in [4.78, 5) is 0. The highest BCUT2D eigenvalue weighted by Gasteiger charge is 2.26. The molecule has 1 N–H and O–H groups in total. The molecule has 24 heavy (non-hydrogen) atoms. The maximum atomic E-state index is 3.62. The Morgan fingerprint density at radius 3 is 2.08 bits per heavy atom. The van der Waals surface area contributed by atoms with Gasteiger partial charge >= 0.3 is 0 Å². The Labute approximate surface area is 143 Å². The van der Waals surface area contributed by atoms with E-state index in [-0.39, 0.29) is 6.04 Å². The van der Waals surface area contributed by atoms with E-state index in [1.54, 1.807) is 0 Å². The van der Waals surface area contributed by atoms with E-state index in [1.165, 1.54) is 16.7 Å². The van der Waals surface area contributed by atoms with Gasteiger partial charge in [0.1, 0.15) is 0 Å². The molecule has 0 fully saturated rings. The summed E-state index contributed by atoms with van der Waals surface area (Å²) in [7, 11) is 0. The molecule has 1 aliphatic heterocycles. The van der Waals surface area contributed by atoms with Gasteiger partial charge in [0.25, 0.3) is 0 Å². The summed E-state index contributed by atoms with van der Waals surface area (Å²) < 4.78 is 0. The third-order valence-corrected chi connectivity index (χ3v) is 4.55. The molecule has 2 atom stereocenters. The molecule has 4 rings (SSSR count). The fraction of sp³-hybridized carbons (Fsp3) is 0.130. The molecule has 0 spiro atoms. The molecule has 0 amide bonds. The average Bonchev–Trinajstić information content (AvgIpc) is 2.67. The fourth-order valence-electron chi connectivity index (χ4n) is 3.34. The second-order valence-electron chi connectivity index (χ2n) is 6.07. The third-order valence-electron chi connectivity index (χ3n) is 4.55. The first-order valence-corrected chi connectivity index (χ1v) is 8.35. The maximum Gasteiger partial charge on any atom is 0.0952 e. The molecule has 1 aliphatic rings. The van der Waals surface area contributed by atoms with E-state index in [1.807, 2.05) is 18.2 Å². The first-order chi connectivity index (χ1) is 11.9. The molecule has 1 heterocycles. The van der Waals surface area contributed by atoms with Crippen molar-refractivity contribution in [2.24, 2.45) is 0 Å². The van der Waals surface area contributed by atoms with Gasteiger partial charge in [-0.3, -0.25) is 5.32 Å². The van der Waals surface area contributed by atoms with Crippen molar-refractivity contribution in [1.82, 2.24) is 5.32 Å². The normalized spacial score (nSPS) is 19.0. The molecule has 116 valence electrons. The summed E-state index contributed by atoms with van der Waals surface area (Å²) in [5.41, 5.74) is 5.09. The molecule has 1 nitrogen and oxygen atoms in total. The smallest absolute Gasteiger partial charge is 0.0952 e. The van der Waals surface area contributed by atoms with Gasteiger partial charge in [-0.15, -0.1) is 0 Å². The van der Waals surface area contributed by atoms with Crippen LogP contribution >= 0.6 is 0 Å². The molecule has 2 unspecified atom stereocenters. The zero-order valence-corrected chi connectivity index (χ0v) is 13.4. The van der Waals surface area contributed by atoms with Crippen molar-refractivity contribution in [2.75, 3.05) is 6.54 Å². The van der Waals surface area contributed by atoms with E-state index in [0.29, 0.717) is 5.92 Å². The second kappa shape index (κ2) is 6.74. The van der Waals surface area contributed by atoms with E-state index in [9.17, 15) is 0 Å². The zero-order chi connectivity index (χ0) is 16.2. The monoisotopic (exact) mass is 309 g/mol. The summed E-state index contributed by atoms with van der Waals surface area (Å²) in [5.74, 6) is 7.09. The average molecular weight is 309 g/mol. The van der Waals surface area contributed by atoms with Crippen LogP contribution < -0.4 is 5.32 Å². The molecule has 0 saturated carbocycles. The number of benzene rings is 3. The quantitative estimate of drug-likeness (QED) is 0.652. The fourth-order valence-corrected chi connectivity index (χ4v) is 3.34. The van der Waals surface area contributed by atoms with Gasteiger partial charge in [0.15, 0.2) is 0 Å². The van der Waals surface area contributed by atoms with Crippen LogP contribution in [0.4, 0.5) is 0 Å². The summed E-state index contributed by atoms with van der Waals surface area (Å²) >= 11 is 0. The molecular formula is C23H19N. The van der Waals surface area contributed by atoms with E-state index in [2.05, 4.69) is 83.9 Å². The van der Waals surface area contributed by atoms with E-state index in [0.717, 1.165) is 12.1 Å². The van der Waals surface area contributed by atoms with Crippen molar-refractivity contribution in [3.8, 4) is 11.8 Å². The molecule has 3 aromatic rings. The number of rotatable bonds is 1. The highest BCUT2D eigenvalue weighted by atomic mass is 14.9. The molecular weight excluding hydrogens is 290 g/mol. The molecule has 1 heteroatoms. The van der Waals surface area contributed by atoms with Crippen molar-refractivity contribution >= 4 is 0 Å². The van der Waals surface area contributed by atoms with Crippen molar-refractivity contribution in [3.05, 3.63) is 107 Å². The summed E-state index contributed by atoms with van der Waals surface area (Å²) in [6.45, 7) is 0.912. The van der Waals surface area contributed by atoms with E-state index < -0.39 is 0 Å². The molecule has 0 bridgehead atoms. The molecule has 0 radical (unpaired) electrons. The molecule has 3 aromatic carbocycles. The molecule has 0 saturated heterocycles. The highest BCUT2D eigenvalue weighted by molar-refractivity contribution is 5.46. The van der Waals surface area contributed by atoms with Crippen LogP contribution in [-0.2, 0) is 0 Å². The Morgan fingerprint density at radius 1 is 0.708 bits per heavy atom. The minimum absolute atomic E-state index is 0.0846. The summed E-state index contributed by atoms with van der Waals surface area (Å²) in [5, 5.41) is 3.62. The van der Waals surface area contributed by atoms with Crippen LogP contribution in [0.1, 0.15) is 34.2 Å². The van der Waals surface area contributed by atoms with Gasteiger partial charge in [-0.25, -0.2) is 0 Å². The second-order valence-corrected chi connectivity index (χ2v) is 6.07. The molecule has 0 aromatic heterocycles. The topological polar surface area (TPSA) is 12.0 Å². The number of hydrogen-bond donors (Lipinski definition) is 1. The SMILES string of the molecule is C(#CC1NCC(c2ccccc2)c2ccccc21)c1ccccc1. The predicted octanol–water partition coefficient (Wildman–Crippen LogP) is 4.51. The highest BCUT2D eigenvalue weighted by Crippen LogP contribution is 2.34. The maximum absolute atomic E-state index is 3.62. The minimum Gasteiger partial charge on any atom is -0.299 e. The van der Waals surface area contributed by atoms with Gasteiger partial charge in [0.2, 0.25) is 0 Å². The lowest BCUT2D eigenvalue weighted by molar-refractivity contribution is 0.552. The zero-order valence-electron chi connectivity index (χ0n) is 13.4. The molecule has 0 aliphatic carbocycles. The number of nitrogens with one attached hydrogen (secondary N) is 1. The standard InChI is InChI=1S/C23H19N/c1-3-9-18(10-4-1)15-16-23-21-14-8-7-13-20(21)22(17-24-23)19-11-5-2-6-12-19/h1-14,22-24H,17H2. The van der Waals surface area contributed by atoms with Crippen LogP contribution in [-0.4, -0.2) is 6.54 Å². The lowest BCUT2D eigenvalue weighted by Gasteiger charge is -2.30. The largest absolute Gasteiger partial charge is 0.299 e. The lowest BCUT2D eigenvalue weighted by atomic mass is 9.82. The van der Waals surface area contributed by atoms with Crippen molar-refractivity contribution < 1.29 is 0 Å². The summed E-state index contributed by atoms with van der Waals surface area (Å²) in [6, 6.07) is 29.6. The van der Waals surface area contributed by atoms with Crippen LogP contribution in [0.25, 0.3) is 0 Å². The van der Waals surface area contributed by atoms with Crippen LogP contribution in [0.5, 0.6) is 0 Å². The van der Waals surface area contributed by atoms with Gasteiger partial charge < -0.3 is 0 Å². The van der Waals surface area contributed by atoms with E-state index in [4.69, 9.17) is 0 Å². The third kappa shape index (κ3) is 2.97. The Morgan fingerprint density at radius 2 is 1.33 bits per heavy atom. The number of fused-ring (bicyclic) bond motifs is 1. The van der Waals surface area contributed by atoms with Crippen LogP contribution in [0, 0.1) is 11.8 Å². The van der Waals surface area contributed by atoms with Crippen LogP contribution in [0.3, 0.4) is 0 Å². The number of hydrogen-bond acceptors (Lipinski definition) is 1. The van der Waals surface area contributed by atoms with Gasteiger partial charge in [-0.1, -0.05) is 84.6 Å². The van der Waals surface area contributed by atoms with Crippen LogP contribution in [0.15, 0.2) is 84.9 Å². The van der Waals surface area contributed by atoms with Crippen molar-refractivity contribution in [2.45, 2.75) is 12.0 Å². The Balaban J connectivity index is 1.69. The predicted molar refractivity (Wildman–Crippen MR) is 98.8 cm³/mol. The minimum atomic E-state index is 0.0846. The first-order valence-electron chi connectivity index (χ1n) is 8.35.